The van der Waals surface area contributed by atoms with Crippen molar-refractivity contribution in [2.75, 3.05) is 0 Å². The number of aromatic amines is 1. The van der Waals surface area contributed by atoms with Gasteiger partial charge in [0.15, 0.2) is 5.65 Å². The first kappa shape index (κ1) is 18.3. The number of H-pyrrole nitrogens is 1. The van der Waals surface area contributed by atoms with Crippen molar-refractivity contribution >= 4 is 34.4 Å². The Bertz CT molecular complexity index is 1250. The molecular formula is C18H15BF2N4O3. The van der Waals surface area contributed by atoms with Gasteiger partial charge < -0.3 is 15.1 Å². The molecule has 0 radical (unpaired) electrons. The maximum atomic E-state index is 14.5. The first-order valence-corrected chi connectivity index (χ1v) is 8.53. The molecule has 0 aliphatic carbocycles. The molecule has 1 aromatic carbocycles. The van der Waals surface area contributed by atoms with Crippen molar-refractivity contribution in [3.05, 3.63) is 63.8 Å². The van der Waals surface area contributed by atoms with Crippen molar-refractivity contribution in [3.63, 3.8) is 0 Å². The van der Waals surface area contributed by atoms with Gasteiger partial charge in [-0.25, -0.2) is 23.5 Å². The average Bonchev–Trinajstić information content (AvgIpc) is 2.99. The fourth-order valence-electron chi connectivity index (χ4n) is 3.18. The SMILES string of the molecule is CB(O)c1cc(F)c(Cn2c(=O)[nH]c3cnc4nc(CO)ccc4c32)c(F)c1. The maximum absolute atomic E-state index is 14.5. The highest BCUT2D eigenvalue weighted by Crippen LogP contribution is 2.22. The number of fused-ring (bicyclic) bond motifs is 3. The van der Waals surface area contributed by atoms with Crippen LogP contribution in [0.15, 0.2) is 35.3 Å². The number of imidazole rings is 1. The quantitative estimate of drug-likeness (QED) is 0.454. The summed E-state index contributed by atoms with van der Waals surface area (Å²) >= 11 is 0. The van der Waals surface area contributed by atoms with Crippen LogP contribution in [0.25, 0.3) is 22.1 Å². The Balaban J connectivity index is 1.91. The molecule has 3 heterocycles. The molecular weight excluding hydrogens is 369 g/mol. The highest BCUT2D eigenvalue weighted by Gasteiger charge is 2.19. The van der Waals surface area contributed by atoms with Gasteiger partial charge in [-0.2, -0.15) is 0 Å². The molecule has 3 N–H and O–H groups in total. The maximum Gasteiger partial charge on any atom is 0.326 e. The first-order chi connectivity index (χ1) is 13.4. The van der Waals surface area contributed by atoms with Crippen LogP contribution in [0.1, 0.15) is 11.3 Å². The van der Waals surface area contributed by atoms with Crippen molar-refractivity contribution in [3.8, 4) is 0 Å². The lowest BCUT2D eigenvalue weighted by molar-refractivity contribution is 0.277. The number of pyridine rings is 2. The minimum Gasteiger partial charge on any atom is -0.446 e. The number of halogens is 2. The molecule has 142 valence electrons. The highest BCUT2D eigenvalue weighted by atomic mass is 19.1. The average molecular weight is 384 g/mol. The van der Waals surface area contributed by atoms with Crippen LogP contribution in [0.4, 0.5) is 8.78 Å². The van der Waals surface area contributed by atoms with Crippen molar-refractivity contribution < 1.29 is 18.9 Å². The Kier molecular flexibility index (Phi) is 4.44. The fraction of sp³-hybridized carbons (Fsp3) is 0.167. The first-order valence-electron chi connectivity index (χ1n) is 8.53. The lowest BCUT2D eigenvalue weighted by atomic mass is 9.64. The van der Waals surface area contributed by atoms with E-state index >= 15 is 0 Å². The number of nitrogens with zero attached hydrogens (tertiary/aromatic N) is 3. The number of hydrogen-bond donors (Lipinski definition) is 3. The standard InChI is InChI=1S/C18H15BF2N4O3/c1-19(28)9-4-13(20)12(14(21)5-9)7-25-16-11-3-2-10(8-26)23-17(11)22-6-15(16)24-18(25)27/h2-6,26,28H,7-8H2,1H3,(H,24,27). The van der Waals surface area contributed by atoms with Gasteiger partial charge in [0, 0.05) is 10.9 Å². The Morgan fingerprint density at radius 1 is 1.25 bits per heavy atom. The van der Waals surface area contributed by atoms with E-state index in [9.17, 15) is 23.7 Å². The Morgan fingerprint density at radius 3 is 2.61 bits per heavy atom. The van der Waals surface area contributed by atoms with Gasteiger partial charge in [-0.3, -0.25) is 4.57 Å². The zero-order chi connectivity index (χ0) is 20.0. The van der Waals surface area contributed by atoms with Crippen LogP contribution in [0, 0.1) is 11.6 Å². The number of rotatable bonds is 4. The number of aliphatic hydroxyl groups is 1. The van der Waals surface area contributed by atoms with Crippen LogP contribution >= 0.6 is 0 Å². The molecule has 4 rings (SSSR count). The summed E-state index contributed by atoms with van der Waals surface area (Å²) < 4.78 is 30.2. The molecule has 0 saturated heterocycles. The van der Waals surface area contributed by atoms with E-state index in [0.717, 1.165) is 12.1 Å². The zero-order valence-corrected chi connectivity index (χ0v) is 14.8. The summed E-state index contributed by atoms with van der Waals surface area (Å²) in [5, 5.41) is 19.3. The highest BCUT2D eigenvalue weighted by molar-refractivity contribution is 6.64. The van der Waals surface area contributed by atoms with E-state index in [-0.39, 0.29) is 24.2 Å². The summed E-state index contributed by atoms with van der Waals surface area (Å²) in [5.41, 5.74) is 0.793. The van der Waals surface area contributed by atoms with Crippen LogP contribution in [0.3, 0.4) is 0 Å². The molecule has 0 saturated carbocycles. The smallest absolute Gasteiger partial charge is 0.326 e. The second-order valence-electron chi connectivity index (χ2n) is 6.51. The molecule has 0 fully saturated rings. The molecule has 0 aliphatic heterocycles. The number of benzene rings is 1. The monoisotopic (exact) mass is 384 g/mol. The Hall–Kier alpha value is -3.11. The fourth-order valence-corrected chi connectivity index (χ4v) is 3.18. The second-order valence-corrected chi connectivity index (χ2v) is 6.51. The van der Waals surface area contributed by atoms with E-state index in [1.807, 2.05) is 0 Å². The third-order valence-corrected chi connectivity index (χ3v) is 4.64. The van der Waals surface area contributed by atoms with Gasteiger partial charge in [0.25, 0.3) is 0 Å². The predicted molar refractivity (Wildman–Crippen MR) is 101 cm³/mol. The molecule has 0 amide bonds. The largest absolute Gasteiger partial charge is 0.446 e. The van der Waals surface area contributed by atoms with Gasteiger partial charge in [-0.1, -0.05) is 6.82 Å². The van der Waals surface area contributed by atoms with Crippen LogP contribution in [-0.2, 0) is 13.2 Å². The van der Waals surface area contributed by atoms with Crippen LogP contribution in [-0.4, -0.2) is 36.6 Å². The molecule has 10 heteroatoms. The molecule has 28 heavy (non-hydrogen) atoms. The van der Waals surface area contributed by atoms with Crippen molar-refractivity contribution in [1.82, 2.24) is 19.5 Å². The van der Waals surface area contributed by atoms with Crippen LogP contribution in [0.2, 0.25) is 6.82 Å². The molecule has 0 aliphatic rings. The third kappa shape index (κ3) is 2.96. The van der Waals surface area contributed by atoms with E-state index in [4.69, 9.17) is 0 Å². The number of nitrogens with one attached hydrogen (secondary N) is 1. The minimum atomic E-state index is -1.02. The van der Waals surface area contributed by atoms with E-state index in [2.05, 4.69) is 15.0 Å². The molecule has 0 bridgehead atoms. The van der Waals surface area contributed by atoms with Crippen molar-refractivity contribution in [2.45, 2.75) is 20.0 Å². The molecule has 4 aromatic rings. The summed E-state index contributed by atoms with van der Waals surface area (Å²) in [6.45, 7) is -0.222. The zero-order valence-electron chi connectivity index (χ0n) is 14.8. The number of aromatic nitrogens is 4. The predicted octanol–water partition coefficient (Wildman–Crippen LogP) is 0.912. The normalized spacial score (nSPS) is 11.5. The van der Waals surface area contributed by atoms with Gasteiger partial charge in [0.2, 0.25) is 0 Å². The topological polar surface area (TPSA) is 104 Å². The third-order valence-electron chi connectivity index (χ3n) is 4.64. The number of hydrogen-bond acceptors (Lipinski definition) is 5. The van der Waals surface area contributed by atoms with Gasteiger partial charge >= 0.3 is 12.6 Å². The lowest BCUT2D eigenvalue weighted by Gasteiger charge is -2.10. The molecule has 3 aromatic heterocycles. The van der Waals surface area contributed by atoms with Crippen LogP contribution in [0.5, 0.6) is 0 Å². The molecule has 0 spiro atoms. The molecule has 0 unspecified atom stereocenters. The van der Waals surface area contributed by atoms with Crippen molar-refractivity contribution in [1.29, 1.82) is 0 Å². The van der Waals surface area contributed by atoms with Gasteiger partial charge in [-0.15, -0.1) is 0 Å². The minimum absolute atomic E-state index is 0.111. The summed E-state index contributed by atoms with van der Waals surface area (Å²) in [6, 6.07) is 5.34. The second kappa shape index (κ2) is 6.81. The Morgan fingerprint density at radius 2 is 1.96 bits per heavy atom. The molecule has 7 nitrogen and oxygen atoms in total. The lowest BCUT2D eigenvalue weighted by Crippen LogP contribution is -2.28. The summed E-state index contributed by atoms with van der Waals surface area (Å²) in [5.74, 6) is -1.70. The summed E-state index contributed by atoms with van der Waals surface area (Å²) in [6.07, 6.45) is 1.41. The van der Waals surface area contributed by atoms with Gasteiger partial charge in [0.05, 0.1) is 36.1 Å². The summed E-state index contributed by atoms with van der Waals surface area (Å²) in [7, 11) is 0. The van der Waals surface area contributed by atoms with Crippen LogP contribution < -0.4 is 11.2 Å². The number of aliphatic hydroxyl groups excluding tert-OH is 1. The van der Waals surface area contributed by atoms with E-state index in [1.165, 1.54) is 17.6 Å². The van der Waals surface area contributed by atoms with Crippen molar-refractivity contribution in [2.24, 2.45) is 0 Å². The van der Waals surface area contributed by atoms with E-state index in [1.54, 1.807) is 12.1 Å². The molecule has 0 atom stereocenters. The van der Waals surface area contributed by atoms with E-state index < -0.39 is 24.2 Å². The van der Waals surface area contributed by atoms with E-state index in [0.29, 0.717) is 27.8 Å². The Labute approximate surface area is 157 Å². The van der Waals surface area contributed by atoms with Gasteiger partial charge in [0.1, 0.15) is 11.6 Å². The summed E-state index contributed by atoms with van der Waals surface area (Å²) in [4.78, 5) is 23.4. The van der Waals surface area contributed by atoms with Gasteiger partial charge in [-0.05, 0) is 29.7 Å².